The van der Waals surface area contributed by atoms with Gasteiger partial charge in [-0.3, -0.25) is 4.99 Å². The van der Waals surface area contributed by atoms with Crippen molar-refractivity contribution in [3.63, 3.8) is 0 Å². The van der Waals surface area contributed by atoms with Gasteiger partial charge in [-0.2, -0.15) is 5.26 Å². The van der Waals surface area contributed by atoms with Gasteiger partial charge in [-0.05, 0) is 18.7 Å². The average Bonchev–Trinajstić information content (AvgIpc) is 1.99. The van der Waals surface area contributed by atoms with E-state index in [0.29, 0.717) is 5.57 Å². The third-order valence-corrected chi connectivity index (χ3v) is 1.15. The minimum absolute atomic E-state index is 0.468. The molecule has 0 aromatic rings. The lowest BCUT2D eigenvalue weighted by Gasteiger charge is -1.95. The molecule has 0 aliphatic carbocycles. The summed E-state index contributed by atoms with van der Waals surface area (Å²) in [6.07, 6.45) is 2.33. The van der Waals surface area contributed by atoms with Crippen LogP contribution in [-0.4, -0.2) is 6.72 Å². The maximum absolute atomic E-state index is 8.41. The lowest BCUT2D eigenvalue weighted by atomic mass is 10.1. The number of hydrogen-bond acceptors (Lipinski definition) is 2. The summed E-state index contributed by atoms with van der Waals surface area (Å²) >= 11 is 0. The van der Waals surface area contributed by atoms with E-state index < -0.39 is 0 Å². The summed E-state index contributed by atoms with van der Waals surface area (Å²) < 4.78 is 0. The maximum atomic E-state index is 8.41. The predicted molar refractivity (Wildman–Crippen MR) is 42.7 cm³/mol. The molecule has 0 rings (SSSR count). The Hall–Kier alpha value is -1.36. The number of hydrogen-bond donors (Lipinski definition) is 0. The molecule has 0 saturated carbocycles. The summed E-state index contributed by atoms with van der Waals surface area (Å²) in [5.74, 6) is 0. The predicted octanol–water partition coefficient (Wildman–Crippen LogP) is 2.06. The molecular formula is C8H10N2. The van der Waals surface area contributed by atoms with Crippen LogP contribution < -0.4 is 0 Å². The van der Waals surface area contributed by atoms with E-state index in [4.69, 9.17) is 5.26 Å². The van der Waals surface area contributed by atoms with Gasteiger partial charge in [0.05, 0.1) is 6.07 Å². The van der Waals surface area contributed by atoms with Crippen molar-refractivity contribution in [2.45, 2.75) is 13.3 Å². The zero-order valence-corrected chi connectivity index (χ0v) is 6.09. The molecule has 0 bridgehead atoms. The Morgan fingerprint density at radius 3 is 2.70 bits per heavy atom. The number of rotatable bonds is 3. The van der Waals surface area contributed by atoms with E-state index in [2.05, 4.69) is 18.3 Å². The topological polar surface area (TPSA) is 36.1 Å². The molecule has 2 nitrogen and oxygen atoms in total. The molecule has 0 radical (unpaired) electrons. The van der Waals surface area contributed by atoms with Crippen molar-refractivity contribution in [2.75, 3.05) is 0 Å². The third kappa shape index (κ3) is 2.27. The normalized spacial score (nSPS) is 10.2. The molecule has 0 unspecified atom stereocenters. The highest BCUT2D eigenvalue weighted by molar-refractivity contribution is 5.40. The van der Waals surface area contributed by atoms with Gasteiger partial charge in [0.2, 0.25) is 0 Å². The fourth-order valence-corrected chi connectivity index (χ4v) is 0.565. The largest absolute Gasteiger partial charge is 0.272 e. The molecule has 0 heterocycles. The van der Waals surface area contributed by atoms with Crippen molar-refractivity contribution >= 4 is 6.72 Å². The van der Waals surface area contributed by atoms with E-state index in [1.54, 1.807) is 6.20 Å². The van der Waals surface area contributed by atoms with Crippen LogP contribution in [0, 0.1) is 11.3 Å². The quantitative estimate of drug-likeness (QED) is 0.330. The molecule has 0 atom stereocenters. The summed E-state index contributed by atoms with van der Waals surface area (Å²) in [7, 11) is 0. The zero-order chi connectivity index (χ0) is 7.98. The van der Waals surface area contributed by atoms with Crippen LogP contribution in [0.4, 0.5) is 0 Å². The van der Waals surface area contributed by atoms with E-state index in [1.165, 1.54) is 0 Å². The van der Waals surface area contributed by atoms with Gasteiger partial charge in [-0.25, -0.2) is 0 Å². The van der Waals surface area contributed by atoms with Crippen molar-refractivity contribution < 1.29 is 0 Å². The van der Waals surface area contributed by atoms with Gasteiger partial charge in [0.15, 0.2) is 0 Å². The molecule has 0 fully saturated rings. The SMILES string of the molecule is C=N/C=C(/CC)C(=C)C#N. The van der Waals surface area contributed by atoms with E-state index >= 15 is 0 Å². The Morgan fingerprint density at radius 1 is 1.80 bits per heavy atom. The van der Waals surface area contributed by atoms with Gasteiger partial charge >= 0.3 is 0 Å². The molecule has 0 aliphatic heterocycles. The average molecular weight is 134 g/mol. The first-order valence-corrected chi connectivity index (χ1v) is 3.00. The Labute approximate surface area is 61.2 Å². The van der Waals surface area contributed by atoms with Crippen molar-refractivity contribution in [1.29, 1.82) is 5.26 Å². The van der Waals surface area contributed by atoms with Gasteiger partial charge in [0.25, 0.3) is 0 Å². The molecule has 10 heavy (non-hydrogen) atoms. The lowest BCUT2D eigenvalue weighted by molar-refractivity contribution is 1.12. The Kier molecular flexibility index (Phi) is 3.90. The van der Waals surface area contributed by atoms with Gasteiger partial charge in [-0.15, -0.1) is 0 Å². The van der Waals surface area contributed by atoms with Crippen LogP contribution in [0.25, 0.3) is 0 Å². The van der Waals surface area contributed by atoms with Gasteiger partial charge in [-0.1, -0.05) is 13.5 Å². The highest BCUT2D eigenvalue weighted by Crippen LogP contribution is 2.09. The summed E-state index contributed by atoms with van der Waals surface area (Å²) in [5, 5.41) is 8.41. The van der Waals surface area contributed by atoms with Crippen LogP contribution in [-0.2, 0) is 0 Å². The first kappa shape index (κ1) is 8.64. The van der Waals surface area contributed by atoms with Crippen LogP contribution in [0.15, 0.2) is 28.9 Å². The molecule has 0 aliphatic rings. The third-order valence-electron chi connectivity index (χ3n) is 1.15. The maximum Gasteiger partial charge on any atom is 0.0988 e. The zero-order valence-electron chi connectivity index (χ0n) is 6.09. The second kappa shape index (κ2) is 4.51. The first-order valence-electron chi connectivity index (χ1n) is 3.00. The Balaban J connectivity index is 4.39. The van der Waals surface area contributed by atoms with Crippen LogP contribution in [0.3, 0.4) is 0 Å². The van der Waals surface area contributed by atoms with Crippen molar-refractivity contribution in [1.82, 2.24) is 0 Å². The van der Waals surface area contributed by atoms with E-state index in [1.807, 2.05) is 13.0 Å². The Morgan fingerprint density at radius 2 is 2.40 bits per heavy atom. The van der Waals surface area contributed by atoms with E-state index in [9.17, 15) is 0 Å². The molecule has 0 amide bonds. The minimum atomic E-state index is 0.468. The monoisotopic (exact) mass is 134 g/mol. The number of aliphatic imine (C=N–C) groups is 1. The van der Waals surface area contributed by atoms with E-state index in [-0.39, 0.29) is 0 Å². The second-order valence-corrected chi connectivity index (χ2v) is 1.78. The summed E-state index contributed by atoms with van der Waals surface area (Å²) in [6.45, 7) is 8.78. The fraction of sp³-hybridized carbons (Fsp3) is 0.250. The molecule has 0 spiro atoms. The Bertz CT molecular complexity index is 206. The first-order chi connectivity index (χ1) is 4.76. The van der Waals surface area contributed by atoms with Crippen LogP contribution >= 0.6 is 0 Å². The molecular weight excluding hydrogens is 124 g/mol. The molecule has 52 valence electrons. The summed E-state index contributed by atoms with van der Waals surface area (Å²) in [6, 6.07) is 1.95. The van der Waals surface area contributed by atoms with Crippen molar-refractivity contribution in [3.05, 3.63) is 23.9 Å². The van der Waals surface area contributed by atoms with Crippen LogP contribution in [0.2, 0.25) is 0 Å². The van der Waals surface area contributed by atoms with E-state index in [0.717, 1.165) is 12.0 Å². The highest BCUT2D eigenvalue weighted by Gasteiger charge is 1.96. The van der Waals surface area contributed by atoms with Crippen LogP contribution in [0.1, 0.15) is 13.3 Å². The minimum Gasteiger partial charge on any atom is -0.272 e. The number of nitrogens with zero attached hydrogens (tertiary/aromatic N) is 2. The fourth-order valence-electron chi connectivity index (χ4n) is 0.565. The van der Waals surface area contributed by atoms with Gasteiger partial charge in [0.1, 0.15) is 0 Å². The summed E-state index contributed by atoms with van der Waals surface area (Å²) in [4.78, 5) is 3.55. The smallest absolute Gasteiger partial charge is 0.0988 e. The lowest BCUT2D eigenvalue weighted by Crippen LogP contribution is -1.81. The standard InChI is InChI=1S/C8H10N2/c1-4-8(6-10-3)7(2)5-9/h6H,2-4H2,1H3/b8-6-. The molecule has 0 aromatic heterocycles. The summed E-state index contributed by atoms with van der Waals surface area (Å²) in [5.41, 5.74) is 1.31. The van der Waals surface area contributed by atoms with Crippen molar-refractivity contribution in [2.24, 2.45) is 4.99 Å². The van der Waals surface area contributed by atoms with Crippen LogP contribution in [0.5, 0.6) is 0 Å². The number of allylic oxidation sites excluding steroid dienone is 2. The molecule has 2 heteroatoms. The highest BCUT2D eigenvalue weighted by atomic mass is 14.6. The number of nitriles is 1. The van der Waals surface area contributed by atoms with Gasteiger partial charge < -0.3 is 0 Å². The second-order valence-electron chi connectivity index (χ2n) is 1.78. The van der Waals surface area contributed by atoms with Gasteiger partial charge in [0, 0.05) is 11.8 Å². The molecule has 0 saturated heterocycles. The molecule has 0 N–H and O–H groups in total. The molecule has 0 aromatic carbocycles. The van der Waals surface area contributed by atoms with Crippen molar-refractivity contribution in [3.8, 4) is 6.07 Å².